The van der Waals surface area contributed by atoms with Crippen molar-refractivity contribution < 1.29 is 0 Å². The van der Waals surface area contributed by atoms with Crippen LogP contribution in [-0.4, -0.2) is 16.5 Å². The summed E-state index contributed by atoms with van der Waals surface area (Å²) >= 11 is 0. The summed E-state index contributed by atoms with van der Waals surface area (Å²) < 4.78 is 0. The quantitative estimate of drug-likeness (QED) is 0.741. The number of rotatable bonds is 5. The highest BCUT2D eigenvalue weighted by Gasteiger charge is 1.97. The fourth-order valence-electron chi connectivity index (χ4n) is 1.18. The molecule has 3 nitrogen and oxygen atoms in total. The highest BCUT2D eigenvalue weighted by molar-refractivity contribution is 5.02. The minimum Gasteiger partial charge on any atom is -0.330 e. The molecule has 0 saturated heterocycles. The lowest BCUT2D eigenvalue weighted by molar-refractivity contribution is 0.740. The number of hydrogen-bond donors (Lipinski definition) is 1. The fourth-order valence-corrected chi connectivity index (χ4v) is 1.18. The molecule has 72 valence electrons. The zero-order valence-corrected chi connectivity index (χ0v) is 8.16. The number of aromatic nitrogens is 2. The third kappa shape index (κ3) is 3.51. The Hall–Kier alpha value is -0.960. The van der Waals surface area contributed by atoms with Crippen molar-refractivity contribution in [1.82, 2.24) is 9.97 Å². The molecule has 0 aliphatic heterocycles. The van der Waals surface area contributed by atoms with E-state index in [0.29, 0.717) is 6.54 Å². The normalized spacial score (nSPS) is 10.3. The van der Waals surface area contributed by atoms with Gasteiger partial charge in [-0.2, -0.15) is 0 Å². The molecular weight excluding hydrogens is 162 g/mol. The lowest BCUT2D eigenvalue weighted by Crippen LogP contribution is -2.06. The number of unbranched alkanes of at least 4 members (excludes halogenated alkanes) is 1. The van der Waals surface area contributed by atoms with E-state index in [4.69, 9.17) is 5.73 Å². The molecular formula is C10H17N3. The van der Waals surface area contributed by atoms with Crippen LogP contribution in [0.1, 0.15) is 31.3 Å². The monoisotopic (exact) mass is 179 g/mol. The predicted octanol–water partition coefficient (Wildman–Crippen LogP) is 1.32. The summed E-state index contributed by atoms with van der Waals surface area (Å²) in [5.41, 5.74) is 6.51. The van der Waals surface area contributed by atoms with Crippen LogP contribution in [0.2, 0.25) is 0 Å². The summed E-state index contributed by atoms with van der Waals surface area (Å²) in [5.74, 6) is 0.952. The van der Waals surface area contributed by atoms with E-state index >= 15 is 0 Å². The fraction of sp³-hybridized carbons (Fsp3) is 0.600. The van der Waals surface area contributed by atoms with Gasteiger partial charge in [0, 0.05) is 24.7 Å². The molecule has 1 aromatic rings. The number of aryl methyl sites for hydroxylation is 1. The molecule has 0 amide bonds. The van der Waals surface area contributed by atoms with Gasteiger partial charge in [0.25, 0.3) is 0 Å². The van der Waals surface area contributed by atoms with Crippen LogP contribution >= 0.6 is 0 Å². The van der Waals surface area contributed by atoms with Crippen LogP contribution in [0, 0.1) is 0 Å². The maximum atomic E-state index is 5.45. The van der Waals surface area contributed by atoms with Crippen LogP contribution in [0.4, 0.5) is 0 Å². The molecule has 0 aliphatic rings. The largest absolute Gasteiger partial charge is 0.330 e. The van der Waals surface area contributed by atoms with E-state index < -0.39 is 0 Å². The Bertz CT molecular complexity index is 248. The van der Waals surface area contributed by atoms with Crippen LogP contribution in [0.5, 0.6) is 0 Å². The second-order valence-electron chi connectivity index (χ2n) is 3.11. The number of hydrogen-bond acceptors (Lipinski definition) is 3. The van der Waals surface area contributed by atoms with Crippen LogP contribution < -0.4 is 5.73 Å². The minimum absolute atomic E-state index is 0.657. The molecule has 0 saturated carbocycles. The lowest BCUT2D eigenvalue weighted by atomic mass is 10.2. The van der Waals surface area contributed by atoms with Crippen molar-refractivity contribution in [1.29, 1.82) is 0 Å². The predicted molar refractivity (Wildman–Crippen MR) is 53.4 cm³/mol. The average molecular weight is 179 g/mol. The van der Waals surface area contributed by atoms with Gasteiger partial charge in [-0.1, -0.05) is 13.3 Å². The highest BCUT2D eigenvalue weighted by atomic mass is 14.9. The summed E-state index contributed by atoms with van der Waals surface area (Å²) in [6.07, 6.45) is 6.00. The van der Waals surface area contributed by atoms with E-state index in [1.807, 2.05) is 12.3 Å². The molecule has 0 bridgehead atoms. The van der Waals surface area contributed by atoms with Crippen LogP contribution in [0.3, 0.4) is 0 Å². The molecule has 0 aliphatic carbocycles. The Balaban J connectivity index is 2.56. The molecule has 13 heavy (non-hydrogen) atoms. The molecule has 0 fully saturated rings. The summed E-state index contributed by atoms with van der Waals surface area (Å²) in [4.78, 5) is 8.62. The van der Waals surface area contributed by atoms with Crippen molar-refractivity contribution in [2.24, 2.45) is 5.73 Å². The Morgan fingerprint density at radius 3 is 2.92 bits per heavy atom. The van der Waals surface area contributed by atoms with Crippen molar-refractivity contribution in [2.45, 2.75) is 32.6 Å². The minimum atomic E-state index is 0.657. The van der Waals surface area contributed by atoms with Gasteiger partial charge in [0.1, 0.15) is 5.82 Å². The van der Waals surface area contributed by atoms with Gasteiger partial charge in [-0.3, -0.25) is 0 Å². The van der Waals surface area contributed by atoms with Gasteiger partial charge < -0.3 is 5.73 Å². The molecule has 1 rings (SSSR count). The first-order chi connectivity index (χ1) is 6.36. The molecule has 0 unspecified atom stereocenters. The SMILES string of the molecule is CCCCc1nccc(CCN)n1. The van der Waals surface area contributed by atoms with Gasteiger partial charge in [-0.15, -0.1) is 0 Å². The Labute approximate surface area is 79.4 Å². The molecule has 0 aromatic carbocycles. The van der Waals surface area contributed by atoms with Crippen LogP contribution in [-0.2, 0) is 12.8 Å². The smallest absolute Gasteiger partial charge is 0.128 e. The molecule has 2 N–H and O–H groups in total. The van der Waals surface area contributed by atoms with Crippen LogP contribution in [0.25, 0.3) is 0 Å². The summed E-state index contributed by atoms with van der Waals surface area (Å²) in [6, 6.07) is 1.93. The van der Waals surface area contributed by atoms with E-state index in [1.54, 1.807) is 0 Å². The molecule has 1 heterocycles. The second kappa shape index (κ2) is 5.65. The zero-order valence-electron chi connectivity index (χ0n) is 8.16. The molecule has 0 atom stereocenters. The molecule has 0 radical (unpaired) electrons. The van der Waals surface area contributed by atoms with Crippen molar-refractivity contribution in [3.05, 3.63) is 23.8 Å². The van der Waals surface area contributed by atoms with Gasteiger partial charge in [0.2, 0.25) is 0 Å². The van der Waals surface area contributed by atoms with E-state index in [9.17, 15) is 0 Å². The Morgan fingerprint density at radius 2 is 2.23 bits per heavy atom. The van der Waals surface area contributed by atoms with Gasteiger partial charge in [0.05, 0.1) is 0 Å². The third-order valence-corrected chi connectivity index (χ3v) is 1.92. The van der Waals surface area contributed by atoms with E-state index in [2.05, 4.69) is 16.9 Å². The lowest BCUT2D eigenvalue weighted by Gasteiger charge is -2.01. The van der Waals surface area contributed by atoms with Crippen LogP contribution in [0.15, 0.2) is 12.3 Å². The first-order valence-electron chi connectivity index (χ1n) is 4.87. The standard InChI is InChI=1S/C10H17N3/c1-2-3-4-10-12-8-6-9(13-10)5-7-11/h6,8H,2-5,7,11H2,1H3. The number of nitrogens with two attached hydrogens (primary N) is 1. The van der Waals surface area contributed by atoms with Gasteiger partial charge >= 0.3 is 0 Å². The highest BCUT2D eigenvalue weighted by Crippen LogP contribution is 2.00. The van der Waals surface area contributed by atoms with Gasteiger partial charge in [-0.05, 0) is 19.0 Å². The summed E-state index contributed by atoms with van der Waals surface area (Å²) in [7, 11) is 0. The first-order valence-corrected chi connectivity index (χ1v) is 4.87. The van der Waals surface area contributed by atoms with E-state index in [1.165, 1.54) is 6.42 Å². The van der Waals surface area contributed by atoms with E-state index in [0.717, 1.165) is 30.8 Å². The topological polar surface area (TPSA) is 51.8 Å². The Morgan fingerprint density at radius 1 is 1.38 bits per heavy atom. The molecule has 0 spiro atoms. The van der Waals surface area contributed by atoms with Crippen molar-refractivity contribution >= 4 is 0 Å². The Kier molecular flexibility index (Phi) is 4.40. The second-order valence-corrected chi connectivity index (χ2v) is 3.11. The number of nitrogens with zero attached hydrogens (tertiary/aromatic N) is 2. The summed E-state index contributed by atoms with van der Waals surface area (Å²) in [5, 5.41) is 0. The van der Waals surface area contributed by atoms with Crippen molar-refractivity contribution in [3.63, 3.8) is 0 Å². The zero-order chi connectivity index (χ0) is 9.52. The van der Waals surface area contributed by atoms with E-state index in [-0.39, 0.29) is 0 Å². The maximum absolute atomic E-state index is 5.45. The third-order valence-electron chi connectivity index (χ3n) is 1.92. The van der Waals surface area contributed by atoms with Crippen molar-refractivity contribution in [2.75, 3.05) is 6.54 Å². The average Bonchev–Trinajstić information content (AvgIpc) is 2.16. The first kappa shape index (κ1) is 10.1. The van der Waals surface area contributed by atoms with Gasteiger partial charge in [-0.25, -0.2) is 9.97 Å². The van der Waals surface area contributed by atoms with Crippen molar-refractivity contribution in [3.8, 4) is 0 Å². The maximum Gasteiger partial charge on any atom is 0.128 e. The molecule has 3 heteroatoms. The molecule has 1 aromatic heterocycles. The summed E-state index contributed by atoms with van der Waals surface area (Å²) in [6.45, 7) is 2.83. The van der Waals surface area contributed by atoms with Gasteiger partial charge in [0.15, 0.2) is 0 Å².